The average molecular weight is 420 g/mol. The van der Waals surface area contributed by atoms with E-state index in [2.05, 4.69) is 51.2 Å². The lowest BCUT2D eigenvalue weighted by molar-refractivity contribution is 0.669. The SMILES string of the molecule is [C-]#[N+]c1nc2c3cc4c(cc3c3cc5ccccc5cc3c2nc1C#N)oc1ccccc14. The van der Waals surface area contributed by atoms with Crippen LogP contribution in [-0.2, 0) is 0 Å². The maximum atomic E-state index is 9.59. The molecule has 5 heteroatoms. The number of furan rings is 1. The summed E-state index contributed by atoms with van der Waals surface area (Å²) in [6, 6.07) is 26.5. The van der Waals surface area contributed by atoms with Crippen LogP contribution in [0, 0.1) is 17.9 Å². The van der Waals surface area contributed by atoms with Crippen molar-refractivity contribution in [2.45, 2.75) is 0 Å². The number of aromatic nitrogens is 2. The molecule has 5 aromatic carbocycles. The van der Waals surface area contributed by atoms with Gasteiger partial charge in [-0.15, -0.1) is 4.98 Å². The number of para-hydroxylation sites is 1. The maximum Gasteiger partial charge on any atom is 0.307 e. The van der Waals surface area contributed by atoms with E-state index in [0.29, 0.717) is 11.0 Å². The van der Waals surface area contributed by atoms with Gasteiger partial charge in [-0.2, -0.15) is 5.26 Å². The topological polar surface area (TPSA) is 67.1 Å². The van der Waals surface area contributed by atoms with Crippen molar-refractivity contribution < 1.29 is 4.42 Å². The molecule has 2 heterocycles. The molecule has 7 aromatic rings. The molecule has 0 aliphatic rings. The molecule has 0 atom stereocenters. The molecule has 0 N–H and O–H groups in total. The Morgan fingerprint density at radius 2 is 1.36 bits per heavy atom. The molecule has 0 radical (unpaired) electrons. The lowest BCUT2D eigenvalue weighted by Gasteiger charge is -2.10. The summed E-state index contributed by atoms with van der Waals surface area (Å²) in [5.74, 6) is 0.0172. The lowest BCUT2D eigenvalue weighted by atomic mass is 9.95. The quantitative estimate of drug-likeness (QED) is 0.145. The number of hydrogen-bond acceptors (Lipinski definition) is 4. The third-order valence-corrected chi connectivity index (χ3v) is 6.29. The van der Waals surface area contributed by atoms with Gasteiger partial charge < -0.3 is 9.26 Å². The van der Waals surface area contributed by atoms with Crippen LogP contribution in [0.3, 0.4) is 0 Å². The third kappa shape index (κ3) is 2.34. The standard InChI is InChI=1S/C28H12N4O/c1-30-28-23(14-29)31-26-21-11-16-7-3-2-6-15(16)10-18(21)19-13-25-20(12-22(19)27(26)32-28)17-8-4-5-9-24(17)33-25/h2-13H. The minimum absolute atomic E-state index is 0.0172. The van der Waals surface area contributed by atoms with Crippen molar-refractivity contribution in [1.29, 1.82) is 5.26 Å². The van der Waals surface area contributed by atoms with Crippen molar-refractivity contribution >= 4 is 71.1 Å². The van der Waals surface area contributed by atoms with Gasteiger partial charge in [-0.05, 0) is 51.9 Å². The van der Waals surface area contributed by atoms with Crippen molar-refractivity contribution in [2.75, 3.05) is 0 Å². The fourth-order valence-electron chi connectivity index (χ4n) is 4.80. The summed E-state index contributed by atoms with van der Waals surface area (Å²) in [6.07, 6.45) is 0. The number of benzene rings is 5. The molecule has 0 amide bonds. The summed E-state index contributed by atoms with van der Waals surface area (Å²) in [5.41, 5.74) is 2.90. The first kappa shape index (κ1) is 17.7. The summed E-state index contributed by atoms with van der Waals surface area (Å²) >= 11 is 0. The number of rotatable bonds is 0. The Balaban J connectivity index is 1.80. The van der Waals surface area contributed by atoms with Crippen LogP contribution in [-0.4, -0.2) is 9.97 Å². The molecule has 0 saturated heterocycles. The summed E-state index contributed by atoms with van der Waals surface area (Å²) in [4.78, 5) is 12.7. The molecule has 5 nitrogen and oxygen atoms in total. The Labute approximate surface area is 186 Å². The second-order valence-corrected chi connectivity index (χ2v) is 8.05. The van der Waals surface area contributed by atoms with E-state index in [0.717, 1.165) is 54.3 Å². The van der Waals surface area contributed by atoms with Crippen molar-refractivity contribution in [1.82, 2.24) is 9.97 Å². The molecule has 0 fully saturated rings. The number of nitriles is 1. The van der Waals surface area contributed by atoms with Crippen LogP contribution in [0.5, 0.6) is 0 Å². The molecular formula is C28H12N4O. The molecule has 0 bridgehead atoms. The average Bonchev–Trinajstić information content (AvgIpc) is 3.23. The van der Waals surface area contributed by atoms with Crippen molar-refractivity contribution in [2.24, 2.45) is 0 Å². The van der Waals surface area contributed by atoms with Crippen LogP contribution in [0.25, 0.3) is 70.1 Å². The van der Waals surface area contributed by atoms with Gasteiger partial charge in [0.05, 0.1) is 0 Å². The first-order chi connectivity index (χ1) is 16.2. The van der Waals surface area contributed by atoms with Crippen LogP contribution in [0.1, 0.15) is 5.69 Å². The molecule has 0 saturated carbocycles. The highest BCUT2D eigenvalue weighted by molar-refractivity contribution is 6.28. The molecule has 0 aliphatic heterocycles. The highest BCUT2D eigenvalue weighted by Gasteiger charge is 2.20. The van der Waals surface area contributed by atoms with E-state index in [9.17, 15) is 5.26 Å². The Morgan fingerprint density at radius 1 is 0.697 bits per heavy atom. The van der Waals surface area contributed by atoms with Gasteiger partial charge >= 0.3 is 5.82 Å². The van der Waals surface area contributed by atoms with E-state index in [1.54, 1.807) is 0 Å². The van der Waals surface area contributed by atoms with Crippen molar-refractivity contribution in [3.05, 3.63) is 89.9 Å². The predicted molar refractivity (Wildman–Crippen MR) is 130 cm³/mol. The Bertz CT molecular complexity index is 2060. The summed E-state index contributed by atoms with van der Waals surface area (Å²) in [6.45, 7) is 7.51. The lowest BCUT2D eigenvalue weighted by Crippen LogP contribution is -1.93. The van der Waals surface area contributed by atoms with Gasteiger partial charge in [0, 0.05) is 21.5 Å². The van der Waals surface area contributed by atoms with E-state index >= 15 is 0 Å². The molecule has 2 aromatic heterocycles. The van der Waals surface area contributed by atoms with E-state index in [1.165, 1.54) is 0 Å². The molecule has 0 unspecified atom stereocenters. The fourth-order valence-corrected chi connectivity index (χ4v) is 4.80. The molecule has 0 spiro atoms. The monoisotopic (exact) mass is 420 g/mol. The zero-order chi connectivity index (χ0) is 22.1. The third-order valence-electron chi connectivity index (χ3n) is 6.29. The first-order valence-corrected chi connectivity index (χ1v) is 10.4. The molecule has 0 aliphatic carbocycles. The van der Waals surface area contributed by atoms with Gasteiger partial charge in [-0.1, -0.05) is 49.0 Å². The minimum atomic E-state index is 0.0172. The number of fused-ring (bicyclic) bond motifs is 10. The van der Waals surface area contributed by atoms with Gasteiger partial charge in [-0.3, -0.25) is 0 Å². The van der Waals surface area contributed by atoms with E-state index in [-0.39, 0.29) is 11.5 Å². The predicted octanol–water partition coefficient (Wildman–Crippen LogP) is 7.41. The largest absolute Gasteiger partial charge is 0.456 e. The highest BCUT2D eigenvalue weighted by Crippen LogP contribution is 2.40. The van der Waals surface area contributed by atoms with Gasteiger partial charge in [-0.25, -0.2) is 4.98 Å². The zero-order valence-electron chi connectivity index (χ0n) is 17.1. The highest BCUT2D eigenvalue weighted by atomic mass is 16.3. The van der Waals surface area contributed by atoms with E-state index < -0.39 is 0 Å². The summed E-state index contributed by atoms with van der Waals surface area (Å²) in [7, 11) is 0. The number of nitrogens with zero attached hydrogens (tertiary/aromatic N) is 4. The van der Waals surface area contributed by atoms with Crippen LogP contribution in [0.4, 0.5) is 5.82 Å². The van der Waals surface area contributed by atoms with Crippen LogP contribution >= 0.6 is 0 Å². The zero-order valence-corrected chi connectivity index (χ0v) is 17.1. The Kier molecular flexibility index (Phi) is 3.35. The molecular weight excluding hydrogens is 408 g/mol. The first-order valence-electron chi connectivity index (χ1n) is 10.4. The number of hydrogen-bond donors (Lipinski definition) is 0. The van der Waals surface area contributed by atoms with E-state index in [1.807, 2.05) is 42.5 Å². The van der Waals surface area contributed by atoms with Crippen molar-refractivity contribution in [3.63, 3.8) is 0 Å². The minimum Gasteiger partial charge on any atom is -0.456 e. The Hall–Kier alpha value is -5.00. The Morgan fingerprint density at radius 3 is 2.15 bits per heavy atom. The van der Waals surface area contributed by atoms with Gasteiger partial charge in [0.15, 0.2) is 11.2 Å². The summed E-state index contributed by atoms with van der Waals surface area (Å²) < 4.78 is 6.16. The van der Waals surface area contributed by atoms with Crippen LogP contribution < -0.4 is 0 Å². The van der Waals surface area contributed by atoms with Crippen molar-refractivity contribution in [3.8, 4) is 6.07 Å². The fraction of sp³-hybridized carbons (Fsp3) is 0. The van der Waals surface area contributed by atoms with E-state index in [4.69, 9.17) is 11.0 Å². The van der Waals surface area contributed by atoms with Crippen LogP contribution in [0.2, 0.25) is 0 Å². The second kappa shape index (κ2) is 6.26. The maximum absolute atomic E-state index is 9.59. The van der Waals surface area contributed by atoms with Gasteiger partial charge in [0.1, 0.15) is 22.8 Å². The summed E-state index contributed by atoms with van der Waals surface area (Å²) in [5, 5.41) is 17.5. The molecule has 150 valence electrons. The van der Waals surface area contributed by atoms with Crippen LogP contribution in [0.15, 0.2) is 77.2 Å². The smallest absolute Gasteiger partial charge is 0.307 e. The molecule has 7 rings (SSSR count). The normalized spacial score (nSPS) is 11.6. The van der Waals surface area contributed by atoms with Gasteiger partial charge in [0.2, 0.25) is 0 Å². The molecule has 33 heavy (non-hydrogen) atoms. The second-order valence-electron chi connectivity index (χ2n) is 8.05. The van der Waals surface area contributed by atoms with Gasteiger partial charge in [0.25, 0.3) is 0 Å².